The van der Waals surface area contributed by atoms with Crippen LogP contribution in [0.4, 0.5) is 0 Å². The predicted molar refractivity (Wildman–Crippen MR) is 119 cm³/mol. The van der Waals surface area contributed by atoms with Crippen molar-refractivity contribution in [2.45, 2.75) is 57.2 Å². The van der Waals surface area contributed by atoms with Gasteiger partial charge in [-0.2, -0.15) is 0 Å². The Bertz CT molecular complexity index is 530. The molecule has 156 valence electrons. The summed E-state index contributed by atoms with van der Waals surface area (Å²) in [6.45, 7) is 9.60. The van der Waals surface area contributed by atoms with Crippen LogP contribution in [0.15, 0.2) is 4.99 Å². The number of ether oxygens (including phenoxy) is 1. The second-order valence-corrected chi connectivity index (χ2v) is 8.38. The van der Waals surface area contributed by atoms with Gasteiger partial charge in [-0.1, -0.05) is 0 Å². The summed E-state index contributed by atoms with van der Waals surface area (Å²) in [4.78, 5) is 23.5. The molecule has 1 amide bonds. The summed E-state index contributed by atoms with van der Waals surface area (Å²) in [7, 11) is 3.61. The molecule has 2 heterocycles. The minimum Gasteiger partial charge on any atom is -0.381 e. The summed E-state index contributed by atoms with van der Waals surface area (Å²) in [6.07, 6.45) is 4.93. The molecule has 8 heteroatoms. The second-order valence-electron chi connectivity index (χ2n) is 8.38. The van der Waals surface area contributed by atoms with Crippen molar-refractivity contribution in [3.8, 4) is 0 Å². The molecular formula is C19H36IN5O2. The van der Waals surface area contributed by atoms with Crippen molar-refractivity contribution in [1.29, 1.82) is 0 Å². The standard InChI is InChI=1S/C19H35N5O2.HI/c1-19(2,23-9-7-16(26-4)8-10-23)14-21-18(20-3)22-11-12-24(15-5-6-15)17(25)13-22;/h15-16H,5-14H2,1-4H3,(H,20,21);1H. The monoisotopic (exact) mass is 493 g/mol. The number of guanidine groups is 1. The minimum absolute atomic E-state index is 0. The summed E-state index contributed by atoms with van der Waals surface area (Å²) in [5.74, 6) is 1.08. The zero-order valence-corrected chi connectivity index (χ0v) is 19.6. The van der Waals surface area contributed by atoms with Crippen molar-refractivity contribution in [1.82, 2.24) is 20.0 Å². The van der Waals surface area contributed by atoms with E-state index in [4.69, 9.17) is 4.74 Å². The van der Waals surface area contributed by atoms with Crippen LogP contribution < -0.4 is 5.32 Å². The summed E-state index contributed by atoms with van der Waals surface area (Å²) < 4.78 is 5.48. The van der Waals surface area contributed by atoms with Crippen molar-refractivity contribution in [3.63, 3.8) is 0 Å². The molecule has 0 unspecified atom stereocenters. The lowest BCUT2D eigenvalue weighted by molar-refractivity contribution is -0.135. The van der Waals surface area contributed by atoms with Gasteiger partial charge in [0.2, 0.25) is 5.91 Å². The minimum atomic E-state index is 0. The Balaban J connectivity index is 0.00000261. The van der Waals surface area contributed by atoms with Crippen LogP contribution in [0.25, 0.3) is 0 Å². The van der Waals surface area contributed by atoms with E-state index in [-0.39, 0.29) is 35.4 Å². The first-order chi connectivity index (χ1) is 12.4. The summed E-state index contributed by atoms with van der Waals surface area (Å²) in [5.41, 5.74) is 0.0362. The Hall–Kier alpha value is -0.610. The maximum Gasteiger partial charge on any atom is 0.242 e. The molecule has 1 N–H and O–H groups in total. The van der Waals surface area contributed by atoms with E-state index in [9.17, 15) is 4.79 Å². The Morgan fingerprint density at radius 1 is 1.19 bits per heavy atom. The van der Waals surface area contributed by atoms with E-state index in [2.05, 4.69) is 34.0 Å². The summed E-state index contributed by atoms with van der Waals surface area (Å²) >= 11 is 0. The summed E-state index contributed by atoms with van der Waals surface area (Å²) in [5, 5.41) is 3.51. The van der Waals surface area contributed by atoms with Gasteiger partial charge in [0, 0.05) is 58.5 Å². The highest BCUT2D eigenvalue weighted by Crippen LogP contribution is 2.28. The third-order valence-corrected chi connectivity index (χ3v) is 6.07. The number of nitrogens with zero attached hydrogens (tertiary/aromatic N) is 4. The number of amides is 1. The molecule has 27 heavy (non-hydrogen) atoms. The lowest BCUT2D eigenvalue weighted by atomic mass is 9.97. The SMILES string of the molecule is CN=C(NCC(C)(C)N1CCC(OC)CC1)N1CCN(C2CC2)C(=O)C1.I. The fraction of sp³-hybridized carbons (Fsp3) is 0.895. The number of piperazine rings is 1. The zero-order valence-electron chi connectivity index (χ0n) is 17.2. The third-order valence-electron chi connectivity index (χ3n) is 6.07. The third kappa shape index (κ3) is 5.69. The molecule has 2 aliphatic heterocycles. The molecule has 0 spiro atoms. The first-order valence-electron chi connectivity index (χ1n) is 9.97. The highest BCUT2D eigenvalue weighted by atomic mass is 127. The lowest BCUT2D eigenvalue weighted by Crippen LogP contribution is -2.59. The molecule has 0 bridgehead atoms. The fourth-order valence-corrected chi connectivity index (χ4v) is 4.08. The van der Waals surface area contributed by atoms with Gasteiger partial charge in [-0.3, -0.25) is 14.7 Å². The van der Waals surface area contributed by atoms with E-state index in [1.165, 1.54) is 12.8 Å². The molecule has 0 aromatic carbocycles. The second kappa shape index (κ2) is 9.73. The van der Waals surface area contributed by atoms with Crippen LogP contribution in [-0.4, -0.2) is 97.7 Å². The van der Waals surface area contributed by atoms with E-state index >= 15 is 0 Å². The van der Waals surface area contributed by atoms with Crippen LogP contribution in [-0.2, 0) is 9.53 Å². The Labute approximate surface area is 180 Å². The van der Waals surface area contributed by atoms with Crippen LogP contribution in [0.5, 0.6) is 0 Å². The van der Waals surface area contributed by atoms with Gasteiger partial charge in [-0.25, -0.2) is 0 Å². The van der Waals surface area contributed by atoms with Gasteiger partial charge >= 0.3 is 0 Å². The maximum atomic E-state index is 12.4. The number of methoxy groups -OCH3 is 1. The van der Waals surface area contributed by atoms with Crippen molar-refractivity contribution >= 4 is 35.8 Å². The molecule has 7 nitrogen and oxygen atoms in total. The molecule has 1 aliphatic carbocycles. The Morgan fingerprint density at radius 3 is 2.37 bits per heavy atom. The molecule has 2 saturated heterocycles. The van der Waals surface area contributed by atoms with Gasteiger partial charge in [0.1, 0.15) is 0 Å². The molecule has 0 aromatic rings. The average molecular weight is 493 g/mol. The number of piperidine rings is 1. The molecule has 1 saturated carbocycles. The lowest BCUT2D eigenvalue weighted by Gasteiger charge is -2.43. The van der Waals surface area contributed by atoms with E-state index in [0.717, 1.165) is 51.5 Å². The average Bonchev–Trinajstić information content (AvgIpc) is 3.47. The van der Waals surface area contributed by atoms with Crippen LogP contribution in [0.3, 0.4) is 0 Å². The van der Waals surface area contributed by atoms with Gasteiger partial charge in [0.05, 0.1) is 12.6 Å². The molecular weight excluding hydrogens is 457 g/mol. The number of carbonyl (C=O) groups excluding carboxylic acids is 1. The highest BCUT2D eigenvalue weighted by molar-refractivity contribution is 14.0. The quantitative estimate of drug-likeness (QED) is 0.356. The number of hydrogen-bond donors (Lipinski definition) is 1. The smallest absolute Gasteiger partial charge is 0.242 e. The number of nitrogens with one attached hydrogen (secondary N) is 1. The van der Waals surface area contributed by atoms with Crippen molar-refractivity contribution < 1.29 is 9.53 Å². The van der Waals surface area contributed by atoms with Gasteiger partial charge in [0.25, 0.3) is 0 Å². The highest BCUT2D eigenvalue weighted by Gasteiger charge is 2.37. The molecule has 0 aromatic heterocycles. The predicted octanol–water partition coefficient (Wildman–Crippen LogP) is 1.38. The Morgan fingerprint density at radius 2 is 1.85 bits per heavy atom. The van der Waals surface area contributed by atoms with Gasteiger partial charge in [0.15, 0.2) is 5.96 Å². The summed E-state index contributed by atoms with van der Waals surface area (Å²) in [6, 6.07) is 0.508. The first-order valence-corrected chi connectivity index (χ1v) is 9.97. The van der Waals surface area contributed by atoms with Crippen LogP contribution >= 0.6 is 24.0 Å². The molecule has 0 atom stereocenters. The van der Waals surface area contributed by atoms with Crippen molar-refractivity contribution in [2.75, 3.05) is 53.4 Å². The maximum absolute atomic E-state index is 12.4. The van der Waals surface area contributed by atoms with Gasteiger partial charge in [-0.05, 0) is 39.5 Å². The van der Waals surface area contributed by atoms with E-state index in [1.54, 1.807) is 14.2 Å². The number of likely N-dealkylation sites (tertiary alicyclic amines) is 1. The normalized spacial score (nSPS) is 23.4. The topological polar surface area (TPSA) is 60.4 Å². The molecule has 3 fully saturated rings. The largest absolute Gasteiger partial charge is 0.381 e. The molecule has 0 radical (unpaired) electrons. The molecule has 3 rings (SSSR count). The van der Waals surface area contributed by atoms with Gasteiger partial charge in [-0.15, -0.1) is 24.0 Å². The number of aliphatic imine (C=N–C) groups is 1. The number of carbonyl (C=O) groups is 1. The zero-order chi connectivity index (χ0) is 18.7. The number of rotatable bonds is 5. The van der Waals surface area contributed by atoms with Gasteiger partial charge < -0.3 is 19.9 Å². The van der Waals surface area contributed by atoms with Crippen molar-refractivity contribution in [2.24, 2.45) is 4.99 Å². The number of hydrogen-bond acceptors (Lipinski definition) is 4. The first kappa shape index (κ1) is 22.7. The molecule has 3 aliphatic rings. The van der Waals surface area contributed by atoms with Crippen molar-refractivity contribution in [3.05, 3.63) is 0 Å². The van der Waals surface area contributed by atoms with Crippen LogP contribution in [0.1, 0.15) is 39.5 Å². The fourth-order valence-electron chi connectivity index (χ4n) is 4.08. The van der Waals surface area contributed by atoms with E-state index < -0.39 is 0 Å². The van der Waals surface area contributed by atoms with E-state index in [1.807, 2.05) is 4.90 Å². The number of halogens is 1. The Kier molecular flexibility index (Phi) is 8.18. The van der Waals surface area contributed by atoms with Crippen LogP contribution in [0.2, 0.25) is 0 Å². The van der Waals surface area contributed by atoms with Crippen LogP contribution in [0, 0.1) is 0 Å². The van der Waals surface area contributed by atoms with E-state index in [0.29, 0.717) is 18.7 Å².